The van der Waals surface area contributed by atoms with Crippen LogP contribution in [-0.4, -0.2) is 24.9 Å². The maximum atomic E-state index is 6.60. The third kappa shape index (κ3) is 3.02. The number of aromatic nitrogens is 5. The van der Waals surface area contributed by atoms with Gasteiger partial charge in [-0.2, -0.15) is 0 Å². The highest BCUT2D eigenvalue weighted by Gasteiger charge is 2.12. The van der Waals surface area contributed by atoms with Gasteiger partial charge in [-0.3, -0.25) is 0 Å². The summed E-state index contributed by atoms with van der Waals surface area (Å²) in [6.07, 6.45) is 6.89. The predicted molar refractivity (Wildman–Crippen MR) is 98.2 cm³/mol. The van der Waals surface area contributed by atoms with Crippen molar-refractivity contribution in [3.63, 3.8) is 0 Å². The number of benzene rings is 1. The first-order valence-corrected chi connectivity index (χ1v) is 8.94. The van der Waals surface area contributed by atoms with E-state index in [9.17, 15) is 0 Å². The Kier molecular flexibility index (Phi) is 4.22. The summed E-state index contributed by atoms with van der Waals surface area (Å²) < 4.78 is 0.696. The zero-order chi connectivity index (χ0) is 16.5. The third-order valence-corrected chi connectivity index (χ3v) is 5.22. The largest absolute Gasteiger partial charge is 0.345 e. The molecule has 5 nitrogen and oxygen atoms in total. The summed E-state index contributed by atoms with van der Waals surface area (Å²) in [5, 5.41) is 1.39. The van der Waals surface area contributed by atoms with Gasteiger partial charge in [0, 0.05) is 16.7 Å². The number of H-pyrrole nitrogens is 1. The van der Waals surface area contributed by atoms with Gasteiger partial charge in [-0.25, -0.2) is 19.9 Å². The van der Waals surface area contributed by atoms with Gasteiger partial charge in [-0.1, -0.05) is 35.5 Å². The monoisotopic (exact) mass is 417 g/mol. The second kappa shape index (κ2) is 6.51. The lowest BCUT2D eigenvalue weighted by molar-refractivity contribution is 1.03. The van der Waals surface area contributed by atoms with E-state index in [0.29, 0.717) is 9.63 Å². The van der Waals surface area contributed by atoms with Gasteiger partial charge in [0.25, 0.3) is 0 Å². The number of hydrogen-bond donors (Lipinski definition) is 1. The van der Waals surface area contributed by atoms with Crippen LogP contribution in [0.25, 0.3) is 22.4 Å². The van der Waals surface area contributed by atoms with E-state index in [-0.39, 0.29) is 0 Å². The van der Waals surface area contributed by atoms with Crippen molar-refractivity contribution < 1.29 is 0 Å². The highest BCUT2D eigenvalue weighted by Crippen LogP contribution is 2.37. The summed E-state index contributed by atoms with van der Waals surface area (Å²) in [5.74, 6) is 0. The van der Waals surface area contributed by atoms with Crippen molar-refractivity contribution in [2.24, 2.45) is 0 Å². The molecular weight excluding hydrogens is 410 g/mol. The molecule has 0 spiro atoms. The first kappa shape index (κ1) is 15.6. The van der Waals surface area contributed by atoms with Gasteiger partial charge in [0.1, 0.15) is 15.1 Å². The molecule has 0 saturated heterocycles. The van der Waals surface area contributed by atoms with Gasteiger partial charge >= 0.3 is 0 Å². The molecule has 8 heteroatoms. The lowest BCUT2D eigenvalue weighted by Crippen LogP contribution is -1.90. The predicted octanol–water partition coefficient (Wildman–Crippen LogP) is 4.98. The molecule has 0 atom stereocenters. The number of hydrogen-bond acceptors (Lipinski definition) is 5. The van der Waals surface area contributed by atoms with E-state index in [2.05, 4.69) is 40.8 Å². The Labute approximate surface area is 155 Å². The second-order valence-electron chi connectivity index (χ2n) is 4.86. The fraction of sp³-hybridized carbons (Fsp3) is 0. The highest BCUT2D eigenvalue weighted by molar-refractivity contribution is 9.10. The zero-order valence-corrected chi connectivity index (χ0v) is 15.2. The molecule has 1 N–H and O–H groups in total. The Bertz CT molecular complexity index is 1020. The van der Waals surface area contributed by atoms with E-state index in [0.717, 1.165) is 32.3 Å². The SMILES string of the molecule is Clc1c(Sc2cnc(Br)cn2)cccc1-c1cnc2[nH]ccc2n1. The summed E-state index contributed by atoms with van der Waals surface area (Å²) in [6, 6.07) is 7.71. The van der Waals surface area contributed by atoms with Crippen LogP contribution >= 0.6 is 39.3 Å². The van der Waals surface area contributed by atoms with Gasteiger partial charge in [0.05, 0.1) is 29.3 Å². The van der Waals surface area contributed by atoms with Crippen LogP contribution in [0.15, 0.2) is 63.6 Å². The number of rotatable bonds is 3. The molecule has 0 bridgehead atoms. The number of halogens is 2. The van der Waals surface area contributed by atoms with E-state index in [1.165, 1.54) is 11.8 Å². The third-order valence-electron chi connectivity index (χ3n) is 3.31. The minimum absolute atomic E-state index is 0.622. The molecule has 118 valence electrons. The first-order valence-electron chi connectivity index (χ1n) is 6.95. The Morgan fingerprint density at radius 1 is 1.04 bits per heavy atom. The molecule has 0 aliphatic heterocycles. The smallest absolute Gasteiger partial charge is 0.156 e. The molecule has 0 aliphatic rings. The van der Waals surface area contributed by atoms with Crippen LogP contribution in [0.4, 0.5) is 0 Å². The second-order valence-corrected chi connectivity index (χ2v) is 7.12. The molecule has 4 aromatic rings. The first-order chi connectivity index (χ1) is 11.7. The van der Waals surface area contributed by atoms with Crippen molar-refractivity contribution in [1.82, 2.24) is 24.9 Å². The van der Waals surface area contributed by atoms with Crippen molar-refractivity contribution in [3.8, 4) is 11.3 Å². The minimum Gasteiger partial charge on any atom is -0.345 e. The average Bonchev–Trinajstić information content (AvgIpc) is 3.06. The van der Waals surface area contributed by atoms with Crippen LogP contribution < -0.4 is 0 Å². The summed E-state index contributed by atoms with van der Waals surface area (Å²) in [5.41, 5.74) is 3.13. The fourth-order valence-electron chi connectivity index (χ4n) is 2.21. The zero-order valence-electron chi connectivity index (χ0n) is 12.1. The van der Waals surface area contributed by atoms with Crippen molar-refractivity contribution in [2.75, 3.05) is 0 Å². The maximum absolute atomic E-state index is 6.60. The van der Waals surface area contributed by atoms with Crippen molar-refractivity contribution in [2.45, 2.75) is 9.92 Å². The van der Waals surface area contributed by atoms with Crippen LogP contribution in [0.1, 0.15) is 0 Å². The molecule has 0 aliphatic carbocycles. The normalized spacial score (nSPS) is 11.1. The van der Waals surface area contributed by atoms with Crippen LogP contribution in [-0.2, 0) is 0 Å². The van der Waals surface area contributed by atoms with Gasteiger partial charge in [-0.15, -0.1) is 0 Å². The molecule has 3 aromatic heterocycles. The number of aromatic amines is 1. The Morgan fingerprint density at radius 2 is 1.96 bits per heavy atom. The number of nitrogens with one attached hydrogen (secondary N) is 1. The van der Waals surface area contributed by atoms with Crippen LogP contribution in [0.2, 0.25) is 5.02 Å². The van der Waals surface area contributed by atoms with Crippen molar-refractivity contribution in [1.29, 1.82) is 0 Å². The van der Waals surface area contributed by atoms with Crippen LogP contribution in [0.5, 0.6) is 0 Å². The molecule has 1 aromatic carbocycles. The van der Waals surface area contributed by atoms with E-state index in [1.54, 1.807) is 18.6 Å². The molecule has 3 heterocycles. The van der Waals surface area contributed by atoms with Gasteiger partial charge in [0.15, 0.2) is 5.65 Å². The van der Waals surface area contributed by atoms with Crippen LogP contribution in [0, 0.1) is 0 Å². The summed E-state index contributed by atoms with van der Waals surface area (Å²) in [6.45, 7) is 0. The topological polar surface area (TPSA) is 67.3 Å². The average molecular weight is 419 g/mol. The van der Waals surface area contributed by atoms with Crippen LogP contribution in [0.3, 0.4) is 0 Å². The van der Waals surface area contributed by atoms with E-state index >= 15 is 0 Å². The quantitative estimate of drug-likeness (QED) is 0.508. The molecule has 0 radical (unpaired) electrons. The molecule has 4 rings (SSSR count). The molecule has 0 fully saturated rings. The Balaban J connectivity index is 1.73. The molecule has 24 heavy (non-hydrogen) atoms. The standard InChI is InChI=1S/C16H9BrClN5S/c17-13-7-21-14(8-20-13)24-12-3-1-2-9(15(12)18)11-6-22-16-10(23-11)4-5-19-16/h1-8H,(H,19,22). The van der Waals surface area contributed by atoms with Gasteiger partial charge in [-0.05, 0) is 28.1 Å². The molecule has 0 saturated carbocycles. The lowest BCUT2D eigenvalue weighted by atomic mass is 10.1. The van der Waals surface area contributed by atoms with E-state index in [1.807, 2.05) is 30.5 Å². The number of fused-ring (bicyclic) bond motifs is 1. The summed E-state index contributed by atoms with van der Waals surface area (Å²) >= 11 is 11.3. The molecule has 0 unspecified atom stereocenters. The highest BCUT2D eigenvalue weighted by atomic mass is 79.9. The molecular formula is C16H9BrClN5S. The van der Waals surface area contributed by atoms with E-state index < -0.39 is 0 Å². The van der Waals surface area contributed by atoms with Crippen molar-refractivity contribution in [3.05, 3.63) is 58.7 Å². The van der Waals surface area contributed by atoms with Gasteiger partial charge < -0.3 is 4.98 Å². The summed E-state index contributed by atoms with van der Waals surface area (Å²) in [7, 11) is 0. The Hall–Kier alpha value is -1.96. The minimum atomic E-state index is 0.622. The van der Waals surface area contributed by atoms with E-state index in [4.69, 9.17) is 11.6 Å². The molecule has 0 amide bonds. The van der Waals surface area contributed by atoms with Gasteiger partial charge in [0.2, 0.25) is 0 Å². The maximum Gasteiger partial charge on any atom is 0.156 e. The summed E-state index contributed by atoms with van der Waals surface area (Å²) in [4.78, 5) is 21.4. The Morgan fingerprint density at radius 3 is 2.79 bits per heavy atom. The van der Waals surface area contributed by atoms with Crippen molar-refractivity contribution >= 4 is 50.5 Å². The lowest BCUT2D eigenvalue weighted by Gasteiger charge is -2.08. The number of nitrogens with zero attached hydrogens (tertiary/aromatic N) is 4. The fourth-order valence-corrected chi connectivity index (χ4v) is 3.54.